The number of carbonyl (C=O) groups excluding carboxylic acids is 1. The van der Waals surface area contributed by atoms with Gasteiger partial charge in [0, 0.05) is 25.1 Å². The van der Waals surface area contributed by atoms with Crippen molar-refractivity contribution < 1.29 is 14.3 Å². The van der Waals surface area contributed by atoms with Crippen molar-refractivity contribution >= 4 is 11.6 Å². The maximum absolute atomic E-state index is 12.0. The van der Waals surface area contributed by atoms with Crippen LogP contribution in [0.2, 0.25) is 0 Å². The maximum atomic E-state index is 12.0. The molecular weight excluding hydrogens is 270 g/mol. The van der Waals surface area contributed by atoms with Gasteiger partial charge in [0.15, 0.2) is 0 Å². The highest BCUT2D eigenvalue weighted by atomic mass is 16.5. The van der Waals surface area contributed by atoms with Gasteiger partial charge in [-0.15, -0.1) is 0 Å². The highest BCUT2D eigenvalue weighted by molar-refractivity contribution is 6.03. The van der Waals surface area contributed by atoms with Crippen molar-refractivity contribution in [2.75, 3.05) is 25.6 Å². The molecule has 2 aromatic rings. The van der Waals surface area contributed by atoms with Gasteiger partial charge in [-0.2, -0.15) is 0 Å². The van der Waals surface area contributed by atoms with Crippen LogP contribution in [-0.2, 0) is 4.74 Å². The number of hydrogen-bond acceptors (Lipinski definition) is 5. The number of aromatic nitrogens is 2. The minimum Gasteiger partial charge on any atom is -0.475 e. The van der Waals surface area contributed by atoms with E-state index in [0.717, 1.165) is 5.69 Å². The number of methoxy groups -OCH3 is 1. The summed E-state index contributed by atoms with van der Waals surface area (Å²) in [6, 6.07) is 6.94. The SMILES string of the molecule is COCCOc1ccc(NC(=O)c2ccc(C)nc2)cn1. The Balaban J connectivity index is 1.93. The summed E-state index contributed by atoms with van der Waals surface area (Å²) in [6.45, 7) is 2.80. The van der Waals surface area contributed by atoms with Crippen LogP contribution in [0.5, 0.6) is 5.88 Å². The van der Waals surface area contributed by atoms with Gasteiger partial charge >= 0.3 is 0 Å². The highest BCUT2D eigenvalue weighted by Crippen LogP contribution is 2.12. The van der Waals surface area contributed by atoms with E-state index in [1.54, 1.807) is 43.8 Å². The first-order valence-electron chi connectivity index (χ1n) is 6.51. The second kappa shape index (κ2) is 7.35. The van der Waals surface area contributed by atoms with Gasteiger partial charge in [-0.3, -0.25) is 9.78 Å². The molecule has 21 heavy (non-hydrogen) atoms. The van der Waals surface area contributed by atoms with Crippen LogP contribution in [0.25, 0.3) is 0 Å². The molecule has 0 bridgehead atoms. The van der Waals surface area contributed by atoms with Gasteiger partial charge in [0.2, 0.25) is 5.88 Å². The average molecular weight is 287 g/mol. The number of amides is 1. The third-order valence-electron chi connectivity index (χ3n) is 2.71. The van der Waals surface area contributed by atoms with Crippen molar-refractivity contribution in [2.24, 2.45) is 0 Å². The number of nitrogens with zero attached hydrogens (tertiary/aromatic N) is 2. The third-order valence-corrected chi connectivity index (χ3v) is 2.71. The van der Waals surface area contributed by atoms with Gasteiger partial charge in [-0.25, -0.2) is 4.98 Å². The number of ether oxygens (including phenoxy) is 2. The summed E-state index contributed by atoms with van der Waals surface area (Å²) in [5.41, 5.74) is 1.96. The van der Waals surface area contributed by atoms with Gasteiger partial charge in [-0.05, 0) is 25.1 Å². The molecule has 0 saturated carbocycles. The molecule has 6 nitrogen and oxygen atoms in total. The highest BCUT2D eigenvalue weighted by Gasteiger charge is 2.06. The first kappa shape index (κ1) is 14.9. The van der Waals surface area contributed by atoms with Crippen LogP contribution in [-0.4, -0.2) is 36.2 Å². The van der Waals surface area contributed by atoms with Crippen molar-refractivity contribution in [1.29, 1.82) is 0 Å². The summed E-state index contributed by atoms with van der Waals surface area (Å²) in [5, 5.41) is 2.75. The van der Waals surface area contributed by atoms with Crippen LogP contribution in [0.4, 0.5) is 5.69 Å². The largest absolute Gasteiger partial charge is 0.475 e. The van der Waals surface area contributed by atoms with Crippen LogP contribution in [0.1, 0.15) is 16.1 Å². The maximum Gasteiger partial charge on any atom is 0.257 e. The lowest BCUT2D eigenvalue weighted by Crippen LogP contribution is -2.12. The summed E-state index contributed by atoms with van der Waals surface area (Å²) in [4.78, 5) is 20.2. The van der Waals surface area contributed by atoms with E-state index in [0.29, 0.717) is 30.3 Å². The summed E-state index contributed by atoms with van der Waals surface area (Å²) >= 11 is 0. The standard InChI is InChI=1S/C15H17N3O3/c1-11-3-4-12(9-16-11)15(19)18-13-5-6-14(17-10-13)21-8-7-20-2/h3-6,9-10H,7-8H2,1-2H3,(H,18,19). The van der Waals surface area contributed by atoms with E-state index in [9.17, 15) is 4.79 Å². The topological polar surface area (TPSA) is 73.3 Å². The molecule has 0 atom stereocenters. The molecule has 1 amide bonds. The molecule has 1 N–H and O–H groups in total. The summed E-state index contributed by atoms with van der Waals surface area (Å²) in [6.07, 6.45) is 3.09. The van der Waals surface area contributed by atoms with Crippen molar-refractivity contribution in [3.63, 3.8) is 0 Å². The minimum atomic E-state index is -0.225. The fourth-order valence-electron chi connectivity index (χ4n) is 1.57. The van der Waals surface area contributed by atoms with Crippen molar-refractivity contribution in [3.05, 3.63) is 47.9 Å². The van der Waals surface area contributed by atoms with E-state index in [1.807, 2.05) is 6.92 Å². The summed E-state index contributed by atoms with van der Waals surface area (Å²) in [7, 11) is 1.61. The quantitative estimate of drug-likeness (QED) is 0.823. The molecule has 110 valence electrons. The summed E-state index contributed by atoms with van der Waals surface area (Å²) < 4.78 is 10.2. The Morgan fingerprint density at radius 3 is 2.62 bits per heavy atom. The van der Waals surface area contributed by atoms with Crippen LogP contribution in [0.15, 0.2) is 36.7 Å². The average Bonchev–Trinajstić information content (AvgIpc) is 2.50. The molecule has 0 aliphatic carbocycles. The van der Waals surface area contributed by atoms with E-state index in [1.165, 1.54) is 0 Å². The van der Waals surface area contributed by atoms with E-state index in [-0.39, 0.29) is 5.91 Å². The van der Waals surface area contributed by atoms with Crippen LogP contribution in [0.3, 0.4) is 0 Å². The Morgan fingerprint density at radius 1 is 1.14 bits per heavy atom. The number of rotatable bonds is 6. The fourth-order valence-corrected chi connectivity index (χ4v) is 1.57. The second-order valence-electron chi connectivity index (χ2n) is 4.37. The van der Waals surface area contributed by atoms with Crippen LogP contribution < -0.4 is 10.1 Å². The number of nitrogens with one attached hydrogen (secondary N) is 1. The Hall–Kier alpha value is -2.47. The minimum absolute atomic E-state index is 0.225. The molecule has 2 heterocycles. The predicted octanol–water partition coefficient (Wildman–Crippen LogP) is 2.06. The van der Waals surface area contributed by atoms with Crippen LogP contribution in [0, 0.1) is 6.92 Å². The number of aryl methyl sites for hydroxylation is 1. The molecule has 0 spiro atoms. The molecule has 0 aliphatic heterocycles. The molecule has 0 aromatic carbocycles. The molecule has 6 heteroatoms. The zero-order chi connectivity index (χ0) is 15.1. The smallest absolute Gasteiger partial charge is 0.257 e. The molecule has 2 rings (SSSR count). The van der Waals surface area contributed by atoms with Gasteiger partial charge in [-0.1, -0.05) is 0 Å². The normalized spacial score (nSPS) is 10.2. The van der Waals surface area contributed by atoms with Gasteiger partial charge in [0.25, 0.3) is 5.91 Å². The Labute approximate surface area is 123 Å². The number of pyridine rings is 2. The Bertz CT molecular complexity index is 582. The lowest BCUT2D eigenvalue weighted by Gasteiger charge is -2.07. The fraction of sp³-hybridized carbons (Fsp3) is 0.267. The number of carbonyl (C=O) groups is 1. The zero-order valence-electron chi connectivity index (χ0n) is 12.0. The third kappa shape index (κ3) is 4.54. The van der Waals surface area contributed by atoms with Crippen LogP contribution >= 0.6 is 0 Å². The van der Waals surface area contributed by atoms with Gasteiger partial charge in [0.05, 0.1) is 24.1 Å². The first-order valence-corrected chi connectivity index (χ1v) is 6.51. The number of anilines is 1. The van der Waals surface area contributed by atoms with E-state index in [4.69, 9.17) is 9.47 Å². The Kier molecular flexibility index (Phi) is 5.22. The van der Waals surface area contributed by atoms with Crippen molar-refractivity contribution in [3.8, 4) is 5.88 Å². The monoisotopic (exact) mass is 287 g/mol. The van der Waals surface area contributed by atoms with Gasteiger partial charge in [0.1, 0.15) is 6.61 Å². The molecule has 0 saturated heterocycles. The molecular formula is C15H17N3O3. The predicted molar refractivity (Wildman–Crippen MR) is 78.5 cm³/mol. The lowest BCUT2D eigenvalue weighted by molar-refractivity contribution is 0.102. The van der Waals surface area contributed by atoms with Crippen molar-refractivity contribution in [2.45, 2.75) is 6.92 Å². The number of hydrogen-bond donors (Lipinski definition) is 1. The van der Waals surface area contributed by atoms with E-state index < -0.39 is 0 Å². The van der Waals surface area contributed by atoms with E-state index in [2.05, 4.69) is 15.3 Å². The van der Waals surface area contributed by atoms with E-state index >= 15 is 0 Å². The zero-order valence-corrected chi connectivity index (χ0v) is 12.0. The molecule has 0 fully saturated rings. The second-order valence-corrected chi connectivity index (χ2v) is 4.37. The molecule has 0 unspecified atom stereocenters. The first-order chi connectivity index (χ1) is 10.2. The lowest BCUT2D eigenvalue weighted by atomic mass is 10.2. The summed E-state index contributed by atoms with van der Waals surface area (Å²) in [5.74, 6) is 0.263. The molecule has 0 radical (unpaired) electrons. The van der Waals surface area contributed by atoms with Gasteiger partial charge < -0.3 is 14.8 Å². The Morgan fingerprint density at radius 2 is 2.00 bits per heavy atom. The molecule has 0 aliphatic rings. The van der Waals surface area contributed by atoms with Crippen molar-refractivity contribution in [1.82, 2.24) is 9.97 Å². The molecule has 2 aromatic heterocycles.